The molecule has 138 valence electrons. The van der Waals surface area contributed by atoms with Crippen LogP contribution < -0.4 is 15.0 Å². The number of aromatic nitrogens is 2. The molecule has 0 atom stereocenters. The van der Waals surface area contributed by atoms with E-state index in [1.807, 2.05) is 45.0 Å². The van der Waals surface area contributed by atoms with Gasteiger partial charge in [-0.1, -0.05) is 11.8 Å². The number of nitrogens with zero attached hydrogens (tertiary/aromatic N) is 2. The lowest BCUT2D eigenvalue weighted by Gasteiger charge is -2.09. The van der Waals surface area contributed by atoms with E-state index in [4.69, 9.17) is 9.47 Å². The van der Waals surface area contributed by atoms with Gasteiger partial charge in [-0.15, -0.1) is 11.3 Å². The van der Waals surface area contributed by atoms with Gasteiger partial charge in [0.05, 0.1) is 18.6 Å². The predicted octanol–water partition coefficient (Wildman–Crippen LogP) is 4.18. The number of thiophene rings is 1. The van der Waals surface area contributed by atoms with Crippen molar-refractivity contribution in [2.24, 2.45) is 7.05 Å². The van der Waals surface area contributed by atoms with E-state index in [1.165, 1.54) is 11.8 Å². The first-order valence-corrected chi connectivity index (χ1v) is 10.3. The third-order valence-corrected chi connectivity index (χ3v) is 6.18. The number of aryl methyl sites for hydroxylation is 2. The van der Waals surface area contributed by atoms with E-state index in [1.54, 1.807) is 23.0 Å². The quantitative estimate of drug-likeness (QED) is 0.344. The zero-order chi connectivity index (χ0) is 18.7. The van der Waals surface area contributed by atoms with Crippen LogP contribution in [0.15, 0.2) is 34.2 Å². The molecule has 2 heterocycles. The zero-order valence-corrected chi connectivity index (χ0v) is 17.0. The summed E-state index contributed by atoms with van der Waals surface area (Å²) in [5, 5.41) is 1.46. The molecule has 0 spiro atoms. The summed E-state index contributed by atoms with van der Waals surface area (Å²) < 4.78 is 12.8. The molecule has 5 nitrogen and oxygen atoms in total. The minimum absolute atomic E-state index is 0.0202. The first-order chi connectivity index (χ1) is 12.5. The van der Waals surface area contributed by atoms with Gasteiger partial charge in [-0.2, -0.15) is 0 Å². The van der Waals surface area contributed by atoms with Gasteiger partial charge in [-0.3, -0.25) is 9.36 Å². The molecule has 26 heavy (non-hydrogen) atoms. The van der Waals surface area contributed by atoms with E-state index in [0.29, 0.717) is 19.0 Å². The molecule has 0 unspecified atom stereocenters. The van der Waals surface area contributed by atoms with Crippen LogP contribution in [0.5, 0.6) is 11.5 Å². The van der Waals surface area contributed by atoms with Gasteiger partial charge < -0.3 is 9.47 Å². The topological polar surface area (TPSA) is 53.4 Å². The predicted molar refractivity (Wildman–Crippen MR) is 108 cm³/mol. The molecule has 0 bridgehead atoms. The largest absolute Gasteiger partial charge is 0.494 e. The maximum Gasteiger partial charge on any atom is 0.262 e. The van der Waals surface area contributed by atoms with Gasteiger partial charge in [0.15, 0.2) is 5.16 Å². The van der Waals surface area contributed by atoms with Gasteiger partial charge >= 0.3 is 0 Å². The van der Waals surface area contributed by atoms with Crippen molar-refractivity contribution in [3.63, 3.8) is 0 Å². The number of rotatable bonds is 7. The Bertz CT molecular complexity index is 962. The summed E-state index contributed by atoms with van der Waals surface area (Å²) in [5.41, 5.74) is 1.06. The van der Waals surface area contributed by atoms with Crippen LogP contribution in [0.4, 0.5) is 0 Å². The highest BCUT2D eigenvalue weighted by Crippen LogP contribution is 2.28. The van der Waals surface area contributed by atoms with Crippen LogP contribution in [0.3, 0.4) is 0 Å². The van der Waals surface area contributed by atoms with E-state index < -0.39 is 0 Å². The van der Waals surface area contributed by atoms with Crippen LogP contribution in [0, 0.1) is 13.8 Å². The number of benzene rings is 1. The van der Waals surface area contributed by atoms with Crippen LogP contribution in [0.1, 0.15) is 17.4 Å². The fourth-order valence-corrected chi connectivity index (χ4v) is 4.44. The van der Waals surface area contributed by atoms with Crippen LogP contribution in [-0.4, -0.2) is 28.5 Å². The molecule has 0 aliphatic rings. The molecule has 0 N–H and O–H groups in total. The van der Waals surface area contributed by atoms with E-state index in [9.17, 15) is 4.79 Å². The van der Waals surface area contributed by atoms with Crippen molar-refractivity contribution in [1.82, 2.24) is 9.55 Å². The number of hydrogen-bond acceptors (Lipinski definition) is 6. The number of hydrogen-bond donors (Lipinski definition) is 0. The first kappa shape index (κ1) is 18.8. The Morgan fingerprint density at radius 1 is 1.15 bits per heavy atom. The normalized spacial score (nSPS) is 11.1. The highest BCUT2D eigenvalue weighted by Gasteiger charge is 2.14. The second kappa shape index (κ2) is 8.14. The summed E-state index contributed by atoms with van der Waals surface area (Å²) in [6.45, 7) is 7.15. The molecule has 3 rings (SSSR count). The smallest absolute Gasteiger partial charge is 0.262 e. The Morgan fingerprint density at radius 2 is 1.81 bits per heavy atom. The van der Waals surface area contributed by atoms with Crippen LogP contribution >= 0.6 is 23.1 Å². The highest BCUT2D eigenvalue weighted by molar-refractivity contribution is 7.99. The highest BCUT2D eigenvalue weighted by atomic mass is 32.2. The molecule has 1 aromatic carbocycles. The molecule has 0 saturated heterocycles. The van der Waals surface area contributed by atoms with Gasteiger partial charge in [0.25, 0.3) is 5.56 Å². The second-order valence-electron chi connectivity index (χ2n) is 5.82. The molecular formula is C19H22N2O3S2. The maximum absolute atomic E-state index is 12.6. The Morgan fingerprint density at radius 3 is 2.46 bits per heavy atom. The summed E-state index contributed by atoms with van der Waals surface area (Å²) >= 11 is 3.11. The van der Waals surface area contributed by atoms with Crippen molar-refractivity contribution in [1.29, 1.82) is 0 Å². The average Bonchev–Trinajstić information content (AvgIpc) is 2.91. The third kappa shape index (κ3) is 3.88. The minimum atomic E-state index is 0.0202. The van der Waals surface area contributed by atoms with Crippen molar-refractivity contribution < 1.29 is 9.47 Å². The Labute approximate surface area is 161 Å². The van der Waals surface area contributed by atoms with Gasteiger partial charge in [0.1, 0.15) is 16.3 Å². The van der Waals surface area contributed by atoms with Crippen molar-refractivity contribution in [2.75, 3.05) is 19.0 Å². The summed E-state index contributed by atoms with van der Waals surface area (Å²) in [4.78, 5) is 19.2. The molecule has 0 amide bonds. The maximum atomic E-state index is 12.6. The summed E-state index contributed by atoms with van der Waals surface area (Å²) in [6.07, 6.45) is 0. The second-order valence-corrected chi connectivity index (χ2v) is 8.09. The van der Waals surface area contributed by atoms with E-state index >= 15 is 0 Å². The molecule has 3 aromatic rings. The standard InChI is InChI=1S/C19H22N2O3S2/c1-5-23-14-6-8-15(9-7-14)24-10-11-25-19-20-17-16(18(22)21(19)4)12(2)13(3)26-17/h6-9H,5,10-11H2,1-4H3. The molecule has 0 fully saturated rings. The monoisotopic (exact) mass is 390 g/mol. The summed E-state index contributed by atoms with van der Waals surface area (Å²) in [5.74, 6) is 2.35. The summed E-state index contributed by atoms with van der Waals surface area (Å²) in [6, 6.07) is 7.58. The van der Waals surface area contributed by atoms with Crippen molar-refractivity contribution >= 4 is 33.3 Å². The number of fused-ring (bicyclic) bond motifs is 1. The molecule has 0 saturated carbocycles. The Hall–Kier alpha value is -1.99. The zero-order valence-electron chi connectivity index (χ0n) is 15.4. The molecular weight excluding hydrogens is 368 g/mol. The van der Waals surface area contributed by atoms with E-state index in [0.717, 1.165) is 37.3 Å². The van der Waals surface area contributed by atoms with Gasteiger partial charge in [0, 0.05) is 17.7 Å². The van der Waals surface area contributed by atoms with Crippen LogP contribution in [0.2, 0.25) is 0 Å². The van der Waals surface area contributed by atoms with E-state index in [2.05, 4.69) is 4.98 Å². The molecule has 7 heteroatoms. The lowest BCUT2D eigenvalue weighted by atomic mass is 10.2. The SMILES string of the molecule is CCOc1ccc(OCCSc2nc3sc(C)c(C)c3c(=O)n2C)cc1. The summed E-state index contributed by atoms with van der Waals surface area (Å²) in [7, 11) is 1.77. The first-order valence-electron chi connectivity index (χ1n) is 8.46. The lowest BCUT2D eigenvalue weighted by molar-refractivity contribution is 0.332. The minimum Gasteiger partial charge on any atom is -0.494 e. The fraction of sp³-hybridized carbons (Fsp3) is 0.368. The van der Waals surface area contributed by atoms with Gasteiger partial charge in [-0.05, 0) is 50.6 Å². The average molecular weight is 391 g/mol. The van der Waals surface area contributed by atoms with Crippen molar-refractivity contribution in [2.45, 2.75) is 25.9 Å². The molecule has 0 aliphatic carbocycles. The molecule has 0 radical (unpaired) electrons. The fourth-order valence-electron chi connectivity index (χ4n) is 2.58. The van der Waals surface area contributed by atoms with E-state index in [-0.39, 0.29) is 5.56 Å². The van der Waals surface area contributed by atoms with Crippen molar-refractivity contribution in [3.05, 3.63) is 45.1 Å². The molecule has 0 aliphatic heterocycles. The van der Waals surface area contributed by atoms with Gasteiger partial charge in [0.2, 0.25) is 0 Å². The Balaban J connectivity index is 1.63. The Kier molecular flexibility index (Phi) is 5.88. The van der Waals surface area contributed by atoms with Crippen LogP contribution in [0.25, 0.3) is 10.2 Å². The lowest BCUT2D eigenvalue weighted by Crippen LogP contribution is -2.20. The molecule has 2 aromatic heterocycles. The van der Waals surface area contributed by atoms with Gasteiger partial charge in [-0.25, -0.2) is 4.98 Å². The van der Waals surface area contributed by atoms with Crippen molar-refractivity contribution in [3.8, 4) is 11.5 Å². The van der Waals surface area contributed by atoms with Crippen LogP contribution in [-0.2, 0) is 7.05 Å². The third-order valence-electron chi connectivity index (χ3n) is 4.09. The number of ether oxygens (including phenoxy) is 2. The number of thioether (sulfide) groups is 1.